The lowest BCUT2D eigenvalue weighted by Crippen LogP contribution is -2.50. The summed E-state index contributed by atoms with van der Waals surface area (Å²) >= 11 is 0. The Morgan fingerprint density at radius 2 is 1.69 bits per heavy atom. The summed E-state index contributed by atoms with van der Waals surface area (Å²) in [5, 5.41) is 6.55. The molecule has 150 valence electrons. The molecule has 3 N–H and O–H groups in total. The Kier molecular flexibility index (Phi) is 5.76. The molecule has 0 saturated carbocycles. The van der Waals surface area contributed by atoms with Crippen LogP contribution in [0.4, 0.5) is 5.82 Å². The summed E-state index contributed by atoms with van der Waals surface area (Å²) in [5.41, 5.74) is 7.26. The van der Waals surface area contributed by atoms with Crippen LogP contribution < -0.4 is 10.5 Å². The maximum atomic E-state index is 12.6. The van der Waals surface area contributed by atoms with Crippen molar-refractivity contribution in [3.63, 3.8) is 0 Å². The molecule has 1 unspecified atom stereocenters. The van der Waals surface area contributed by atoms with Crippen LogP contribution >= 0.6 is 0 Å². The van der Waals surface area contributed by atoms with E-state index in [0.717, 1.165) is 18.8 Å². The van der Waals surface area contributed by atoms with Gasteiger partial charge in [-0.1, -0.05) is 48.5 Å². The number of benzene rings is 2. The van der Waals surface area contributed by atoms with Crippen molar-refractivity contribution < 1.29 is 9.53 Å². The van der Waals surface area contributed by atoms with Gasteiger partial charge < -0.3 is 15.4 Å². The topological polar surface area (TPSA) is 87.5 Å². The molecule has 1 atom stereocenters. The molecule has 7 heteroatoms. The third-order valence-electron chi connectivity index (χ3n) is 5.21. The third-order valence-corrected chi connectivity index (χ3v) is 5.21. The summed E-state index contributed by atoms with van der Waals surface area (Å²) in [6, 6.07) is 21.9. The van der Waals surface area contributed by atoms with Crippen molar-refractivity contribution in [3.05, 3.63) is 78.0 Å². The molecule has 1 saturated heterocycles. The van der Waals surface area contributed by atoms with Crippen LogP contribution in [0.2, 0.25) is 0 Å². The highest BCUT2D eigenvalue weighted by molar-refractivity contribution is 5.93. The number of ether oxygens (including phenoxy) is 1. The van der Waals surface area contributed by atoms with Crippen molar-refractivity contribution in [2.24, 2.45) is 0 Å². The Balaban J connectivity index is 1.42. The number of carbonyl (C=O) groups excluding carboxylic acids is 1. The van der Waals surface area contributed by atoms with E-state index in [1.165, 1.54) is 5.56 Å². The van der Waals surface area contributed by atoms with Crippen molar-refractivity contribution >= 4 is 11.7 Å². The standard InChI is InChI=1S/C22H25N5O2/c23-21-15-19(24-25-21)22(28)27-13-11-26(12-14-27)20(17-7-3-1-4-8-17)16-29-18-9-5-2-6-10-18/h1-10,15,20H,11-14,16H2,(H3,23,24,25). The first-order valence-electron chi connectivity index (χ1n) is 9.78. The van der Waals surface area contributed by atoms with Gasteiger partial charge in [-0.15, -0.1) is 0 Å². The number of nitrogens with one attached hydrogen (secondary N) is 1. The number of nitrogens with two attached hydrogens (primary N) is 1. The van der Waals surface area contributed by atoms with E-state index in [2.05, 4.69) is 27.2 Å². The van der Waals surface area contributed by atoms with Crippen LogP contribution in [-0.4, -0.2) is 58.7 Å². The van der Waals surface area contributed by atoms with Gasteiger partial charge in [-0.05, 0) is 17.7 Å². The minimum Gasteiger partial charge on any atom is -0.492 e. The Hall–Kier alpha value is -3.32. The smallest absolute Gasteiger partial charge is 0.272 e. The number of carbonyl (C=O) groups is 1. The number of nitrogens with zero attached hydrogens (tertiary/aromatic N) is 3. The van der Waals surface area contributed by atoms with E-state index < -0.39 is 0 Å². The highest BCUT2D eigenvalue weighted by Crippen LogP contribution is 2.24. The first kappa shape index (κ1) is 19.0. The van der Waals surface area contributed by atoms with Gasteiger partial charge in [0.1, 0.15) is 23.9 Å². The average molecular weight is 391 g/mol. The van der Waals surface area contributed by atoms with Gasteiger partial charge in [0.2, 0.25) is 0 Å². The molecule has 1 aliphatic heterocycles. The SMILES string of the molecule is Nc1cc(C(=O)N2CCN(C(COc3ccccc3)c3ccccc3)CC2)[nH]n1. The predicted octanol–water partition coefficient (Wildman–Crippen LogP) is 2.57. The van der Waals surface area contributed by atoms with E-state index >= 15 is 0 Å². The normalized spacial score (nSPS) is 15.8. The Labute approximate surface area is 170 Å². The number of amides is 1. The number of H-pyrrole nitrogens is 1. The highest BCUT2D eigenvalue weighted by Gasteiger charge is 2.28. The molecule has 0 radical (unpaired) electrons. The molecule has 29 heavy (non-hydrogen) atoms. The summed E-state index contributed by atoms with van der Waals surface area (Å²) in [4.78, 5) is 16.8. The van der Waals surface area contributed by atoms with E-state index in [4.69, 9.17) is 10.5 Å². The van der Waals surface area contributed by atoms with Crippen molar-refractivity contribution in [1.29, 1.82) is 0 Å². The van der Waals surface area contributed by atoms with Crippen molar-refractivity contribution in [3.8, 4) is 5.75 Å². The van der Waals surface area contributed by atoms with Gasteiger partial charge in [0.15, 0.2) is 0 Å². The Morgan fingerprint density at radius 3 is 2.31 bits per heavy atom. The largest absolute Gasteiger partial charge is 0.492 e. The fraction of sp³-hybridized carbons (Fsp3) is 0.273. The molecule has 1 fully saturated rings. The number of piperazine rings is 1. The summed E-state index contributed by atoms with van der Waals surface area (Å²) < 4.78 is 6.07. The van der Waals surface area contributed by atoms with E-state index in [1.807, 2.05) is 53.4 Å². The highest BCUT2D eigenvalue weighted by atomic mass is 16.5. The lowest BCUT2D eigenvalue weighted by molar-refractivity contribution is 0.0495. The zero-order valence-corrected chi connectivity index (χ0v) is 16.2. The molecule has 7 nitrogen and oxygen atoms in total. The molecule has 3 aromatic rings. The van der Waals surface area contributed by atoms with Crippen LogP contribution in [0.5, 0.6) is 5.75 Å². The molecule has 0 bridgehead atoms. The van der Waals surface area contributed by atoms with Gasteiger partial charge in [0, 0.05) is 32.2 Å². The van der Waals surface area contributed by atoms with Gasteiger partial charge in [0.25, 0.3) is 5.91 Å². The molecular weight excluding hydrogens is 366 g/mol. The van der Waals surface area contributed by atoms with Crippen LogP contribution in [0.1, 0.15) is 22.1 Å². The molecular formula is C22H25N5O2. The van der Waals surface area contributed by atoms with Crippen LogP contribution in [0, 0.1) is 0 Å². The lowest BCUT2D eigenvalue weighted by atomic mass is 10.0. The van der Waals surface area contributed by atoms with Gasteiger partial charge in [0.05, 0.1) is 6.04 Å². The maximum Gasteiger partial charge on any atom is 0.272 e. The maximum absolute atomic E-state index is 12.6. The molecule has 1 amide bonds. The fourth-order valence-electron chi connectivity index (χ4n) is 3.63. The number of rotatable bonds is 6. The quantitative estimate of drug-likeness (QED) is 0.674. The van der Waals surface area contributed by atoms with Gasteiger partial charge in [-0.25, -0.2) is 0 Å². The zero-order chi connectivity index (χ0) is 20.1. The Morgan fingerprint density at radius 1 is 1.03 bits per heavy atom. The van der Waals surface area contributed by atoms with Crippen LogP contribution in [0.25, 0.3) is 0 Å². The monoisotopic (exact) mass is 391 g/mol. The van der Waals surface area contributed by atoms with Crippen molar-refractivity contribution in [2.75, 3.05) is 38.5 Å². The third kappa shape index (κ3) is 4.57. The minimum atomic E-state index is -0.0642. The molecule has 4 rings (SSSR count). The second-order valence-electron chi connectivity index (χ2n) is 7.09. The number of aromatic amines is 1. The molecule has 2 heterocycles. The van der Waals surface area contributed by atoms with E-state index in [9.17, 15) is 4.79 Å². The number of hydrogen-bond acceptors (Lipinski definition) is 5. The second kappa shape index (κ2) is 8.79. The lowest BCUT2D eigenvalue weighted by Gasteiger charge is -2.39. The van der Waals surface area contributed by atoms with Crippen LogP contribution in [-0.2, 0) is 0 Å². The van der Waals surface area contributed by atoms with Gasteiger partial charge in [-0.3, -0.25) is 14.8 Å². The summed E-state index contributed by atoms with van der Waals surface area (Å²) in [5.74, 6) is 1.12. The van der Waals surface area contributed by atoms with E-state index in [-0.39, 0.29) is 11.9 Å². The van der Waals surface area contributed by atoms with E-state index in [0.29, 0.717) is 31.2 Å². The molecule has 2 aromatic carbocycles. The number of aromatic nitrogens is 2. The molecule has 0 spiro atoms. The van der Waals surface area contributed by atoms with Crippen LogP contribution in [0.3, 0.4) is 0 Å². The second-order valence-corrected chi connectivity index (χ2v) is 7.09. The first-order valence-corrected chi connectivity index (χ1v) is 9.78. The first-order chi connectivity index (χ1) is 14.2. The van der Waals surface area contributed by atoms with Crippen molar-refractivity contribution in [2.45, 2.75) is 6.04 Å². The fourth-order valence-corrected chi connectivity index (χ4v) is 3.63. The average Bonchev–Trinajstić information content (AvgIpc) is 3.22. The number of nitrogen functional groups attached to an aromatic ring is 1. The predicted molar refractivity (Wildman–Crippen MR) is 112 cm³/mol. The summed E-state index contributed by atoms with van der Waals surface area (Å²) in [7, 11) is 0. The minimum absolute atomic E-state index is 0.0642. The van der Waals surface area contributed by atoms with Crippen LogP contribution in [0.15, 0.2) is 66.7 Å². The number of anilines is 1. The number of hydrogen-bond donors (Lipinski definition) is 2. The van der Waals surface area contributed by atoms with Gasteiger partial charge in [-0.2, -0.15) is 5.10 Å². The van der Waals surface area contributed by atoms with E-state index in [1.54, 1.807) is 6.07 Å². The summed E-state index contributed by atoms with van der Waals surface area (Å²) in [6.45, 7) is 3.39. The summed E-state index contributed by atoms with van der Waals surface area (Å²) in [6.07, 6.45) is 0. The zero-order valence-electron chi connectivity index (χ0n) is 16.2. The van der Waals surface area contributed by atoms with Crippen molar-refractivity contribution in [1.82, 2.24) is 20.0 Å². The van der Waals surface area contributed by atoms with Gasteiger partial charge >= 0.3 is 0 Å². The molecule has 1 aromatic heterocycles. The molecule has 1 aliphatic rings. The number of para-hydroxylation sites is 1. The Bertz CT molecular complexity index is 921. The molecule has 0 aliphatic carbocycles.